The maximum Gasteiger partial charge on any atom is 0.290 e. The number of H-pyrrole nitrogens is 1. The van der Waals surface area contributed by atoms with Crippen molar-refractivity contribution in [1.82, 2.24) is 4.90 Å². The summed E-state index contributed by atoms with van der Waals surface area (Å²) < 4.78 is 10.6. The molecule has 3 aromatic rings. The van der Waals surface area contributed by atoms with Gasteiger partial charge in [-0.05, 0) is 42.8 Å². The number of carbonyl (C=O) groups is 2. The minimum absolute atomic E-state index is 0.0255. The van der Waals surface area contributed by atoms with Crippen LogP contribution in [0.3, 0.4) is 0 Å². The zero-order valence-electron chi connectivity index (χ0n) is 17.0. The standard InChI is InChI=1S/C23H20N2O6/c1-13-5-8-17(31-13)21(27)19-20(15-6-7-16(26)18(10-15)30-2)25(23(29)22(19)28)12-14-4-3-9-24-11-14/h3-11,20,26,28H,12H2,1-2H3/p+1. The van der Waals surface area contributed by atoms with Crippen molar-refractivity contribution in [2.24, 2.45) is 0 Å². The average Bonchev–Trinajstić information content (AvgIpc) is 3.31. The zero-order valence-corrected chi connectivity index (χ0v) is 17.0. The van der Waals surface area contributed by atoms with Crippen molar-refractivity contribution in [2.75, 3.05) is 7.11 Å². The van der Waals surface area contributed by atoms with Crippen LogP contribution < -0.4 is 9.72 Å². The van der Waals surface area contributed by atoms with E-state index in [-0.39, 0.29) is 29.4 Å². The van der Waals surface area contributed by atoms with E-state index in [1.54, 1.807) is 37.5 Å². The molecule has 0 bridgehead atoms. The SMILES string of the molecule is COc1cc(C2C(C(=O)c3ccc(C)o3)=C(O)C(=O)N2Cc2ccc[nH+]c2)ccc1O. The van der Waals surface area contributed by atoms with E-state index in [0.29, 0.717) is 11.3 Å². The number of carbonyl (C=O) groups excluding carboxylic acids is 2. The van der Waals surface area contributed by atoms with Gasteiger partial charge in [-0.2, -0.15) is 0 Å². The van der Waals surface area contributed by atoms with Crippen LogP contribution in [-0.4, -0.2) is 33.9 Å². The van der Waals surface area contributed by atoms with E-state index in [2.05, 4.69) is 4.98 Å². The molecular weight excluding hydrogens is 400 g/mol. The number of nitrogens with one attached hydrogen (secondary N) is 1. The second-order valence-electron chi connectivity index (χ2n) is 7.18. The lowest BCUT2D eigenvalue weighted by molar-refractivity contribution is -0.378. The van der Waals surface area contributed by atoms with Crippen LogP contribution in [0.4, 0.5) is 0 Å². The van der Waals surface area contributed by atoms with Crippen molar-refractivity contribution < 1.29 is 33.9 Å². The van der Waals surface area contributed by atoms with Gasteiger partial charge in [0.2, 0.25) is 5.78 Å². The molecule has 158 valence electrons. The number of furan rings is 1. The number of aromatic amines is 1. The maximum atomic E-state index is 13.2. The van der Waals surface area contributed by atoms with Crippen molar-refractivity contribution in [2.45, 2.75) is 19.5 Å². The van der Waals surface area contributed by atoms with E-state index < -0.39 is 23.5 Å². The summed E-state index contributed by atoms with van der Waals surface area (Å²) in [7, 11) is 1.40. The van der Waals surface area contributed by atoms with Gasteiger partial charge in [-0.25, -0.2) is 4.98 Å². The van der Waals surface area contributed by atoms with Gasteiger partial charge in [0.1, 0.15) is 5.76 Å². The molecule has 4 rings (SSSR count). The number of rotatable bonds is 6. The highest BCUT2D eigenvalue weighted by molar-refractivity contribution is 6.15. The maximum absolute atomic E-state index is 13.2. The Morgan fingerprint density at radius 2 is 2.03 bits per heavy atom. The number of Topliss-reactive ketones (excluding diaryl/α,β-unsaturated/α-hetero) is 1. The van der Waals surface area contributed by atoms with Crippen LogP contribution >= 0.6 is 0 Å². The Morgan fingerprint density at radius 1 is 1.23 bits per heavy atom. The summed E-state index contributed by atoms with van der Waals surface area (Å²) in [6.45, 7) is 1.84. The molecular formula is C23H21N2O6+. The Hall–Kier alpha value is -4.07. The van der Waals surface area contributed by atoms with Crippen LogP contribution in [0.25, 0.3) is 0 Å². The molecule has 0 fully saturated rings. The number of aliphatic hydroxyl groups excluding tert-OH is 1. The Morgan fingerprint density at radius 3 is 2.68 bits per heavy atom. The summed E-state index contributed by atoms with van der Waals surface area (Å²) in [4.78, 5) is 30.6. The smallest absolute Gasteiger partial charge is 0.290 e. The summed E-state index contributed by atoms with van der Waals surface area (Å²) in [6, 6.07) is 10.4. The summed E-state index contributed by atoms with van der Waals surface area (Å²) >= 11 is 0. The molecule has 3 heterocycles. The molecule has 1 aromatic carbocycles. The van der Waals surface area contributed by atoms with E-state index in [4.69, 9.17) is 9.15 Å². The fourth-order valence-corrected chi connectivity index (χ4v) is 3.67. The van der Waals surface area contributed by atoms with Crippen LogP contribution in [0, 0.1) is 6.92 Å². The first-order chi connectivity index (χ1) is 14.9. The van der Waals surface area contributed by atoms with Gasteiger partial charge in [-0.3, -0.25) is 9.59 Å². The molecule has 31 heavy (non-hydrogen) atoms. The summed E-state index contributed by atoms with van der Waals surface area (Å²) in [5.74, 6) is -1.22. The molecule has 2 aromatic heterocycles. The van der Waals surface area contributed by atoms with Crippen LogP contribution in [-0.2, 0) is 11.3 Å². The molecule has 1 atom stereocenters. The predicted octanol–water partition coefficient (Wildman–Crippen LogP) is 2.89. The number of methoxy groups -OCH3 is 1. The lowest BCUT2D eigenvalue weighted by Crippen LogP contribution is -2.31. The number of aromatic nitrogens is 1. The van der Waals surface area contributed by atoms with Gasteiger partial charge in [0.05, 0.1) is 25.3 Å². The van der Waals surface area contributed by atoms with Crippen LogP contribution in [0.1, 0.15) is 33.5 Å². The molecule has 1 unspecified atom stereocenters. The van der Waals surface area contributed by atoms with Gasteiger partial charge >= 0.3 is 0 Å². The Balaban J connectivity index is 1.83. The first-order valence-corrected chi connectivity index (χ1v) is 9.58. The van der Waals surface area contributed by atoms with Gasteiger partial charge in [0, 0.05) is 11.6 Å². The van der Waals surface area contributed by atoms with Gasteiger partial charge in [-0.1, -0.05) is 6.07 Å². The topological polar surface area (TPSA) is 114 Å². The largest absolute Gasteiger partial charge is 0.504 e. The number of benzene rings is 1. The van der Waals surface area contributed by atoms with E-state index in [1.807, 2.05) is 6.07 Å². The summed E-state index contributed by atoms with van der Waals surface area (Å²) in [6.07, 6.45) is 3.47. The van der Waals surface area contributed by atoms with E-state index in [0.717, 1.165) is 5.56 Å². The van der Waals surface area contributed by atoms with Gasteiger partial charge in [0.25, 0.3) is 5.91 Å². The highest BCUT2D eigenvalue weighted by Gasteiger charge is 2.44. The second-order valence-corrected chi connectivity index (χ2v) is 7.18. The number of amides is 1. The van der Waals surface area contributed by atoms with Gasteiger partial charge in [0.15, 0.2) is 35.4 Å². The number of ether oxygens (including phenoxy) is 1. The third-order valence-corrected chi connectivity index (χ3v) is 5.16. The van der Waals surface area contributed by atoms with E-state index in [9.17, 15) is 19.8 Å². The van der Waals surface area contributed by atoms with Crippen molar-refractivity contribution in [1.29, 1.82) is 0 Å². The number of pyridine rings is 1. The van der Waals surface area contributed by atoms with Crippen molar-refractivity contribution in [3.63, 3.8) is 0 Å². The molecule has 1 aliphatic heterocycles. The zero-order chi connectivity index (χ0) is 22.1. The van der Waals surface area contributed by atoms with E-state index in [1.165, 1.54) is 30.2 Å². The fraction of sp³-hybridized carbons (Fsp3) is 0.174. The molecule has 0 spiro atoms. The number of aliphatic hydroxyl groups is 1. The average molecular weight is 421 g/mol. The second kappa shape index (κ2) is 7.98. The van der Waals surface area contributed by atoms with Gasteiger partial charge in [-0.15, -0.1) is 0 Å². The van der Waals surface area contributed by atoms with Crippen molar-refractivity contribution in [3.05, 3.63) is 88.8 Å². The first-order valence-electron chi connectivity index (χ1n) is 9.58. The van der Waals surface area contributed by atoms with Gasteiger partial charge < -0.3 is 24.3 Å². The Bertz CT molecular complexity index is 1180. The molecule has 0 saturated heterocycles. The summed E-state index contributed by atoms with van der Waals surface area (Å²) in [5.41, 5.74) is 1.19. The Kier molecular flexibility index (Phi) is 5.21. The number of hydrogen-bond donors (Lipinski definition) is 2. The highest BCUT2D eigenvalue weighted by Crippen LogP contribution is 2.42. The third-order valence-electron chi connectivity index (χ3n) is 5.16. The van der Waals surface area contributed by atoms with Crippen LogP contribution in [0.5, 0.6) is 11.5 Å². The predicted molar refractivity (Wildman–Crippen MR) is 108 cm³/mol. The number of aryl methyl sites for hydroxylation is 1. The molecule has 8 nitrogen and oxygen atoms in total. The third kappa shape index (κ3) is 3.63. The molecule has 1 aliphatic rings. The normalized spacial score (nSPS) is 16.1. The molecule has 0 aliphatic carbocycles. The monoisotopic (exact) mass is 421 g/mol. The fourth-order valence-electron chi connectivity index (χ4n) is 3.67. The molecule has 0 saturated carbocycles. The molecule has 1 amide bonds. The number of hydrogen-bond acceptors (Lipinski definition) is 6. The number of phenols is 1. The minimum atomic E-state index is -0.903. The van der Waals surface area contributed by atoms with Crippen LogP contribution in [0.2, 0.25) is 0 Å². The molecule has 0 radical (unpaired) electrons. The van der Waals surface area contributed by atoms with E-state index >= 15 is 0 Å². The lowest BCUT2D eigenvalue weighted by Gasteiger charge is -2.26. The lowest BCUT2D eigenvalue weighted by atomic mass is 9.94. The van der Waals surface area contributed by atoms with Crippen molar-refractivity contribution >= 4 is 11.7 Å². The number of nitrogens with zero attached hydrogens (tertiary/aromatic N) is 1. The van der Waals surface area contributed by atoms with Crippen LogP contribution in [0.15, 0.2) is 70.6 Å². The number of phenolic OH excluding ortho intramolecular Hbond substituents is 1. The number of aromatic hydroxyl groups is 1. The molecule has 3 N–H and O–H groups in total. The number of ketones is 1. The Labute approximate surface area is 178 Å². The highest BCUT2D eigenvalue weighted by atomic mass is 16.5. The minimum Gasteiger partial charge on any atom is -0.504 e. The first kappa shape index (κ1) is 20.2. The molecule has 8 heteroatoms. The summed E-state index contributed by atoms with van der Waals surface area (Å²) in [5, 5.41) is 20.7. The van der Waals surface area contributed by atoms with Crippen molar-refractivity contribution in [3.8, 4) is 11.5 Å². The quantitative estimate of drug-likeness (QED) is 0.592.